The molecule has 0 unspecified atom stereocenters. The van der Waals surface area contributed by atoms with E-state index in [2.05, 4.69) is 15.9 Å². The number of amides is 1. The van der Waals surface area contributed by atoms with E-state index in [1.807, 2.05) is 29.2 Å². The minimum atomic E-state index is -0.680. The average molecular weight is 422 g/mol. The van der Waals surface area contributed by atoms with Crippen molar-refractivity contribution in [1.82, 2.24) is 4.90 Å². The molecule has 2 heterocycles. The summed E-state index contributed by atoms with van der Waals surface area (Å²) in [6.45, 7) is 2.53. The number of carboxylic acid groups (broad SMARTS) is 1. The lowest BCUT2D eigenvalue weighted by molar-refractivity contribution is -0.143. The normalized spacial score (nSPS) is 26.5. The van der Waals surface area contributed by atoms with Crippen molar-refractivity contribution in [3.8, 4) is 0 Å². The van der Waals surface area contributed by atoms with Crippen molar-refractivity contribution in [1.29, 1.82) is 0 Å². The Bertz CT molecular complexity index is 703. The van der Waals surface area contributed by atoms with Crippen LogP contribution in [0.15, 0.2) is 28.7 Å². The van der Waals surface area contributed by atoms with Gasteiger partial charge in [-0.2, -0.15) is 0 Å². The van der Waals surface area contributed by atoms with Gasteiger partial charge in [0.1, 0.15) is 0 Å². The van der Waals surface area contributed by atoms with Gasteiger partial charge in [0, 0.05) is 30.8 Å². The third kappa shape index (κ3) is 2.97. The van der Waals surface area contributed by atoms with E-state index in [-0.39, 0.29) is 17.2 Å². The highest BCUT2D eigenvalue weighted by Gasteiger charge is 2.59. The number of hydrogen-bond acceptors (Lipinski definition) is 3. The van der Waals surface area contributed by atoms with Crippen LogP contribution >= 0.6 is 15.9 Å². The first-order valence-electron chi connectivity index (χ1n) is 9.33. The zero-order valence-corrected chi connectivity index (χ0v) is 16.3. The molecule has 1 aliphatic carbocycles. The van der Waals surface area contributed by atoms with Crippen molar-refractivity contribution in [3.63, 3.8) is 0 Å². The van der Waals surface area contributed by atoms with Crippen LogP contribution in [0.3, 0.4) is 0 Å². The fourth-order valence-electron chi connectivity index (χ4n) is 4.82. The molecule has 1 saturated carbocycles. The van der Waals surface area contributed by atoms with Crippen molar-refractivity contribution in [2.75, 3.05) is 26.3 Å². The fraction of sp³-hybridized carbons (Fsp3) is 0.600. The molecule has 26 heavy (non-hydrogen) atoms. The second kappa shape index (κ2) is 6.64. The van der Waals surface area contributed by atoms with Crippen LogP contribution in [0.2, 0.25) is 0 Å². The van der Waals surface area contributed by atoms with Crippen molar-refractivity contribution >= 4 is 27.8 Å². The predicted molar refractivity (Wildman–Crippen MR) is 99.9 cm³/mol. The van der Waals surface area contributed by atoms with E-state index in [0.29, 0.717) is 39.1 Å². The first-order chi connectivity index (χ1) is 12.5. The summed E-state index contributed by atoms with van der Waals surface area (Å²) in [5.41, 5.74) is 0.492. The Labute approximate surface area is 161 Å². The first kappa shape index (κ1) is 18.0. The topological polar surface area (TPSA) is 66.8 Å². The first-order valence-corrected chi connectivity index (χ1v) is 10.1. The van der Waals surface area contributed by atoms with Gasteiger partial charge in [-0.1, -0.05) is 28.1 Å². The average Bonchev–Trinajstić information content (AvgIpc) is 3.37. The highest BCUT2D eigenvalue weighted by Crippen LogP contribution is 2.59. The molecule has 3 aliphatic rings. The lowest BCUT2D eigenvalue weighted by Crippen LogP contribution is -2.52. The fourth-order valence-corrected chi connectivity index (χ4v) is 5.09. The number of hydrogen-bond donors (Lipinski definition) is 1. The number of likely N-dealkylation sites (tertiary alicyclic amines) is 1. The standard InChI is InChI=1S/C20H24BrNO4/c21-15-3-1-14(2-4-15)20(7-11-26-12-8-20)18(25)22-9-5-19(6-10-22)13-16(19)17(23)24/h1-4,16H,5-13H2,(H,23,24)/t16-/m1/s1. The minimum absolute atomic E-state index is 0.0525. The Morgan fingerprint density at radius 2 is 1.69 bits per heavy atom. The summed E-state index contributed by atoms with van der Waals surface area (Å²) >= 11 is 3.47. The Kier molecular flexibility index (Phi) is 4.59. The largest absolute Gasteiger partial charge is 0.481 e. The SMILES string of the molecule is O=C(O)[C@H]1CC12CCN(C(=O)C1(c3ccc(Br)cc3)CCOCC1)CC2. The van der Waals surface area contributed by atoms with E-state index in [1.165, 1.54) is 0 Å². The molecule has 0 bridgehead atoms. The van der Waals surface area contributed by atoms with E-state index < -0.39 is 11.4 Å². The highest BCUT2D eigenvalue weighted by atomic mass is 79.9. The molecule has 2 saturated heterocycles. The molecular weight excluding hydrogens is 398 g/mol. The van der Waals surface area contributed by atoms with Gasteiger partial charge in [-0.3, -0.25) is 9.59 Å². The number of ether oxygens (including phenoxy) is 1. The number of rotatable bonds is 3. The molecule has 140 valence electrons. The molecule has 1 atom stereocenters. The van der Waals surface area contributed by atoms with Gasteiger partial charge in [0.25, 0.3) is 0 Å². The van der Waals surface area contributed by atoms with Gasteiger partial charge < -0.3 is 14.7 Å². The maximum Gasteiger partial charge on any atom is 0.307 e. The summed E-state index contributed by atoms with van der Waals surface area (Å²) in [7, 11) is 0. The van der Waals surface area contributed by atoms with E-state index in [4.69, 9.17) is 4.74 Å². The van der Waals surface area contributed by atoms with E-state index in [1.54, 1.807) is 0 Å². The number of nitrogens with zero attached hydrogens (tertiary/aromatic N) is 1. The number of piperidine rings is 1. The second-order valence-electron chi connectivity index (χ2n) is 7.95. The van der Waals surface area contributed by atoms with Crippen molar-refractivity contribution in [2.24, 2.45) is 11.3 Å². The number of carbonyl (C=O) groups excluding carboxylic acids is 1. The van der Waals surface area contributed by atoms with Crippen LogP contribution < -0.4 is 0 Å². The van der Waals surface area contributed by atoms with Crippen LogP contribution in [0.4, 0.5) is 0 Å². The number of benzene rings is 1. The third-order valence-corrected chi connectivity index (χ3v) is 7.22. The molecule has 0 radical (unpaired) electrons. The van der Waals surface area contributed by atoms with Crippen LogP contribution in [0.25, 0.3) is 0 Å². The summed E-state index contributed by atoms with van der Waals surface area (Å²) < 4.78 is 6.55. The smallest absolute Gasteiger partial charge is 0.307 e. The van der Waals surface area contributed by atoms with Crippen LogP contribution in [-0.2, 0) is 19.7 Å². The summed E-state index contributed by atoms with van der Waals surface area (Å²) in [6, 6.07) is 8.07. The summed E-state index contributed by atoms with van der Waals surface area (Å²) in [4.78, 5) is 26.8. The van der Waals surface area contributed by atoms with E-state index >= 15 is 0 Å². The monoisotopic (exact) mass is 421 g/mol. The molecule has 1 N–H and O–H groups in total. The molecule has 1 amide bonds. The number of halogens is 1. The molecule has 1 aromatic carbocycles. The van der Waals surface area contributed by atoms with Crippen LogP contribution in [-0.4, -0.2) is 48.2 Å². The second-order valence-corrected chi connectivity index (χ2v) is 8.87. The molecule has 5 nitrogen and oxygen atoms in total. The van der Waals surface area contributed by atoms with E-state index in [0.717, 1.165) is 29.3 Å². The van der Waals surface area contributed by atoms with Crippen molar-refractivity contribution in [2.45, 2.75) is 37.5 Å². The summed E-state index contributed by atoms with van der Waals surface area (Å²) in [6.07, 6.45) is 3.79. The maximum absolute atomic E-state index is 13.5. The Morgan fingerprint density at radius 3 is 2.23 bits per heavy atom. The Morgan fingerprint density at radius 1 is 1.08 bits per heavy atom. The molecule has 1 spiro atoms. The van der Waals surface area contributed by atoms with Gasteiger partial charge in [0.2, 0.25) is 5.91 Å². The lowest BCUT2D eigenvalue weighted by Gasteiger charge is -2.42. The number of aliphatic carboxylic acids is 1. The van der Waals surface area contributed by atoms with Crippen LogP contribution in [0.5, 0.6) is 0 Å². The molecule has 6 heteroatoms. The number of carbonyl (C=O) groups is 2. The highest BCUT2D eigenvalue weighted by molar-refractivity contribution is 9.10. The zero-order chi connectivity index (χ0) is 18.4. The van der Waals surface area contributed by atoms with Gasteiger partial charge in [-0.05, 0) is 55.2 Å². The molecule has 3 fully saturated rings. The quantitative estimate of drug-likeness (QED) is 0.813. The van der Waals surface area contributed by atoms with Gasteiger partial charge >= 0.3 is 5.97 Å². The van der Waals surface area contributed by atoms with Crippen LogP contribution in [0, 0.1) is 11.3 Å². The molecule has 4 rings (SSSR count). The van der Waals surface area contributed by atoms with Crippen molar-refractivity contribution in [3.05, 3.63) is 34.3 Å². The summed E-state index contributed by atoms with van der Waals surface area (Å²) in [5, 5.41) is 9.26. The van der Waals surface area contributed by atoms with Gasteiger partial charge in [-0.25, -0.2) is 0 Å². The Hall–Kier alpha value is -1.40. The Balaban J connectivity index is 1.53. The van der Waals surface area contributed by atoms with Gasteiger partial charge in [0.15, 0.2) is 0 Å². The maximum atomic E-state index is 13.5. The van der Waals surface area contributed by atoms with Gasteiger partial charge in [-0.15, -0.1) is 0 Å². The molecule has 0 aromatic heterocycles. The zero-order valence-electron chi connectivity index (χ0n) is 14.7. The third-order valence-electron chi connectivity index (χ3n) is 6.69. The molecule has 2 aliphatic heterocycles. The van der Waals surface area contributed by atoms with Crippen molar-refractivity contribution < 1.29 is 19.4 Å². The molecular formula is C20H24BrNO4. The van der Waals surface area contributed by atoms with E-state index in [9.17, 15) is 14.7 Å². The lowest BCUT2D eigenvalue weighted by atomic mass is 9.72. The summed E-state index contributed by atoms with van der Waals surface area (Å²) in [5.74, 6) is -0.700. The number of carboxylic acids is 1. The minimum Gasteiger partial charge on any atom is -0.481 e. The predicted octanol–water partition coefficient (Wildman–Crippen LogP) is 3.21. The van der Waals surface area contributed by atoms with Crippen LogP contribution in [0.1, 0.15) is 37.7 Å². The molecule has 1 aromatic rings. The van der Waals surface area contributed by atoms with Gasteiger partial charge in [0.05, 0.1) is 11.3 Å².